The minimum absolute atomic E-state index is 0.0132. The molecule has 0 spiro atoms. The first-order chi connectivity index (χ1) is 17.5. The van der Waals surface area contributed by atoms with Gasteiger partial charge in [-0.25, -0.2) is 0 Å². The van der Waals surface area contributed by atoms with Crippen LogP contribution in [0.5, 0.6) is 5.75 Å². The number of aromatic nitrogens is 1. The second kappa shape index (κ2) is 9.67. The number of carbonyl (C=O) groups is 1. The molecule has 4 aromatic rings. The Morgan fingerprint density at radius 1 is 1.11 bits per heavy atom. The monoisotopic (exact) mass is 499 g/mol. The lowest BCUT2D eigenvalue weighted by Crippen LogP contribution is -2.31. The van der Waals surface area contributed by atoms with Crippen LogP contribution in [0.15, 0.2) is 83.0 Å². The topological polar surface area (TPSA) is 124 Å². The van der Waals surface area contributed by atoms with E-state index in [1.54, 1.807) is 30.5 Å². The lowest BCUT2D eigenvalue weighted by Gasteiger charge is -2.15. The summed E-state index contributed by atoms with van der Waals surface area (Å²) in [7, 11) is 0. The fourth-order valence-corrected chi connectivity index (χ4v) is 5.07. The molecule has 1 atom stereocenters. The highest BCUT2D eigenvalue weighted by molar-refractivity contribution is 8.16. The molecular weight excluding hydrogens is 478 g/mol. The number of amidine groups is 1. The lowest BCUT2D eigenvalue weighted by molar-refractivity contribution is -0.384. The van der Waals surface area contributed by atoms with E-state index in [0.29, 0.717) is 17.3 Å². The zero-order valence-electron chi connectivity index (χ0n) is 19.2. The molecule has 1 unspecified atom stereocenters. The summed E-state index contributed by atoms with van der Waals surface area (Å²) < 4.78 is 0. The summed E-state index contributed by atoms with van der Waals surface area (Å²) in [5, 5.41) is 30.5. The first-order valence-electron chi connectivity index (χ1n) is 11.2. The van der Waals surface area contributed by atoms with E-state index in [2.05, 4.69) is 15.2 Å². The molecule has 1 saturated heterocycles. The fourth-order valence-electron chi connectivity index (χ4n) is 4.05. The van der Waals surface area contributed by atoms with Gasteiger partial charge in [0.2, 0.25) is 5.91 Å². The Balaban J connectivity index is 1.54. The van der Waals surface area contributed by atoms with Gasteiger partial charge in [-0.15, -0.1) is 5.10 Å². The minimum Gasteiger partial charge on any atom is -0.508 e. The van der Waals surface area contributed by atoms with Crippen molar-refractivity contribution in [3.05, 3.63) is 88.5 Å². The lowest BCUT2D eigenvalue weighted by atomic mass is 10.1. The zero-order valence-corrected chi connectivity index (χ0v) is 20.0. The van der Waals surface area contributed by atoms with Gasteiger partial charge in [-0.05, 0) is 54.4 Å². The Labute approximate surface area is 210 Å². The summed E-state index contributed by atoms with van der Waals surface area (Å²) in [5.41, 5.74) is 3.82. The molecule has 0 saturated carbocycles. The number of rotatable bonds is 6. The van der Waals surface area contributed by atoms with Crippen LogP contribution >= 0.6 is 11.8 Å². The number of carbonyl (C=O) groups excluding carboxylic acids is 1. The highest BCUT2D eigenvalue weighted by atomic mass is 32.2. The number of fused-ring (bicyclic) bond motifs is 1. The van der Waals surface area contributed by atoms with E-state index in [-0.39, 0.29) is 22.6 Å². The van der Waals surface area contributed by atoms with Gasteiger partial charge in [-0.3, -0.25) is 19.8 Å². The van der Waals surface area contributed by atoms with Gasteiger partial charge in [-0.1, -0.05) is 36.9 Å². The van der Waals surface area contributed by atoms with Crippen LogP contribution in [-0.4, -0.2) is 37.6 Å². The Bertz CT molecular complexity index is 1510. The molecule has 0 aliphatic carbocycles. The van der Waals surface area contributed by atoms with Crippen LogP contribution in [0.25, 0.3) is 22.2 Å². The normalized spacial score (nSPS) is 17.0. The molecule has 10 heteroatoms. The van der Waals surface area contributed by atoms with E-state index in [0.717, 1.165) is 27.7 Å². The molecule has 2 heterocycles. The maximum Gasteiger partial charge on any atom is 0.269 e. The Hall–Kier alpha value is -4.44. The molecule has 1 aliphatic heterocycles. The number of amides is 1. The highest BCUT2D eigenvalue weighted by Crippen LogP contribution is 2.35. The summed E-state index contributed by atoms with van der Waals surface area (Å²) >= 11 is 1.35. The SMILES string of the molecule is CCC1S/C(=N\N=C\c2c(-c3ccc([N+](=O)[O-])cc3)[nH]c3ccccc23)N(c2ccc(O)cc2)C1=O. The van der Waals surface area contributed by atoms with Crippen molar-refractivity contribution in [2.24, 2.45) is 10.2 Å². The third-order valence-corrected chi connectivity index (χ3v) is 7.15. The number of nitro groups is 1. The number of thioether (sulfide) groups is 1. The summed E-state index contributed by atoms with van der Waals surface area (Å²) in [6.45, 7) is 1.94. The molecule has 9 nitrogen and oxygen atoms in total. The predicted octanol–water partition coefficient (Wildman–Crippen LogP) is 5.70. The fraction of sp³-hybridized carbons (Fsp3) is 0.115. The van der Waals surface area contributed by atoms with E-state index in [4.69, 9.17) is 0 Å². The molecule has 3 aromatic carbocycles. The van der Waals surface area contributed by atoms with Gasteiger partial charge in [0.15, 0.2) is 5.17 Å². The van der Waals surface area contributed by atoms with Crippen molar-refractivity contribution < 1.29 is 14.8 Å². The number of nitrogens with one attached hydrogen (secondary N) is 1. The smallest absolute Gasteiger partial charge is 0.269 e. The van der Waals surface area contributed by atoms with Crippen molar-refractivity contribution in [1.29, 1.82) is 0 Å². The Morgan fingerprint density at radius 2 is 1.83 bits per heavy atom. The van der Waals surface area contributed by atoms with Crippen LogP contribution in [-0.2, 0) is 4.79 Å². The van der Waals surface area contributed by atoms with Crippen LogP contribution < -0.4 is 4.90 Å². The number of hydrogen-bond donors (Lipinski definition) is 2. The van der Waals surface area contributed by atoms with Crippen LogP contribution in [0.4, 0.5) is 11.4 Å². The number of aromatic amines is 1. The number of anilines is 1. The van der Waals surface area contributed by atoms with E-state index in [9.17, 15) is 20.0 Å². The maximum atomic E-state index is 13.0. The quantitative estimate of drug-likeness (QED) is 0.200. The molecule has 0 bridgehead atoms. The Kier molecular flexibility index (Phi) is 6.26. The largest absolute Gasteiger partial charge is 0.508 e. The molecule has 0 radical (unpaired) electrons. The van der Waals surface area contributed by atoms with Gasteiger partial charge in [0, 0.05) is 28.6 Å². The number of benzene rings is 3. The molecular formula is C26H21N5O4S. The Morgan fingerprint density at radius 3 is 2.53 bits per heavy atom. The summed E-state index contributed by atoms with van der Waals surface area (Å²) in [6, 6.07) is 20.4. The second-order valence-electron chi connectivity index (χ2n) is 8.10. The van der Waals surface area contributed by atoms with Crippen molar-refractivity contribution in [1.82, 2.24) is 4.98 Å². The van der Waals surface area contributed by atoms with E-state index in [1.165, 1.54) is 40.9 Å². The molecule has 1 fully saturated rings. The molecule has 180 valence electrons. The number of nitro benzene ring substituents is 1. The molecule has 1 amide bonds. The second-order valence-corrected chi connectivity index (χ2v) is 9.27. The summed E-state index contributed by atoms with van der Waals surface area (Å²) in [6.07, 6.45) is 2.27. The number of H-pyrrole nitrogens is 1. The molecule has 5 rings (SSSR count). The summed E-state index contributed by atoms with van der Waals surface area (Å²) in [4.78, 5) is 28.5. The first-order valence-corrected chi connectivity index (χ1v) is 12.1. The zero-order chi connectivity index (χ0) is 25.2. The number of hydrogen-bond acceptors (Lipinski definition) is 7. The van der Waals surface area contributed by atoms with Crippen molar-refractivity contribution in [3.63, 3.8) is 0 Å². The van der Waals surface area contributed by atoms with E-state index < -0.39 is 4.92 Å². The number of non-ortho nitro benzene ring substituents is 1. The van der Waals surface area contributed by atoms with Crippen molar-refractivity contribution in [2.75, 3.05) is 4.90 Å². The van der Waals surface area contributed by atoms with Gasteiger partial charge >= 0.3 is 0 Å². The average molecular weight is 500 g/mol. The van der Waals surface area contributed by atoms with Crippen LogP contribution in [0.1, 0.15) is 18.9 Å². The van der Waals surface area contributed by atoms with E-state index in [1.807, 2.05) is 31.2 Å². The molecule has 1 aromatic heterocycles. The van der Waals surface area contributed by atoms with Crippen molar-refractivity contribution in [3.8, 4) is 17.0 Å². The van der Waals surface area contributed by atoms with Gasteiger partial charge in [0.05, 0.1) is 27.8 Å². The number of phenols is 1. The van der Waals surface area contributed by atoms with Crippen molar-refractivity contribution >= 4 is 51.3 Å². The number of nitrogens with zero attached hydrogens (tertiary/aromatic N) is 4. The van der Waals surface area contributed by atoms with Gasteiger partial charge in [0.25, 0.3) is 5.69 Å². The molecule has 1 aliphatic rings. The van der Waals surface area contributed by atoms with Crippen LogP contribution in [0.3, 0.4) is 0 Å². The highest BCUT2D eigenvalue weighted by Gasteiger charge is 2.38. The van der Waals surface area contributed by atoms with Gasteiger partial charge in [-0.2, -0.15) is 5.10 Å². The van der Waals surface area contributed by atoms with Crippen LogP contribution in [0, 0.1) is 10.1 Å². The van der Waals surface area contributed by atoms with Gasteiger partial charge in [0.1, 0.15) is 5.75 Å². The van der Waals surface area contributed by atoms with Crippen molar-refractivity contribution in [2.45, 2.75) is 18.6 Å². The third-order valence-electron chi connectivity index (χ3n) is 5.86. The first kappa shape index (κ1) is 23.3. The third kappa shape index (κ3) is 4.34. The minimum atomic E-state index is -0.433. The van der Waals surface area contributed by atoms with E-state index >= 15 is 0 Å². The summed E-state index contributed by atoms with van der Waals surface area (Å²) in [5.74, 6) is 0.0283. The predicted molar refractivity (Wildman–Crippen MR) is 143 cm³/mol. The standard InChI is InChI=1S/C26H21N5O4S/c1-2-23-25(33)30(17-11-13-19(32)14-12-17)26(36-23)29-27-15-21-20-5-3-4-6-22(20)28-24(21)16-7-9-18(10-8-16)31(34)35/h3-15,23,28,32H,2H2,1H3/b27-15+,29-26-. The molecule has 36 heavy (non-hydrogen) atoms. The van der Waals surface area contributed by atoms with Crippen LogP contribution in [0.2, 0.25) is 0 Å². The average Bonchev–Trinajstić information content (AvgIpc) is 3.42. The molecule has 2 N–H and O–H groups in total. The van der Waals surface area contributed by atoms with Gasteiger partial charge < -0.3 is 10.1 Å². The number of phenolic OH excluding ortho intramolecular Hbond substituents is 1. The number of para-hydroxylation sites is 1. The maximum absolute atomic E-state index is 13.0. The number of aromatic hydroxyl groups is 1.